The second-order valence-corrected chi connectivity index (χ2v) is 9.97. The van der Waals surface area contributed by atoms with Crippen molar-refractivity contribution < 1.29 is 9.53 Å². The number of rotatable bonds is 2. The number of ether oxygens (including phenoxy) is 1. The molecule has 1 unspecified atom stereocenters. The molecule has 0 aromatic carbocycles. The lowest BCUT2D eigenvalue weighted by molar-refractivity contribution is -0.134. The van der Waals surface area contributed by atoms with Gasteiger partial charge in [-0.3, -0.25) is 9.78 Å². The summed E-state index contributed by atoms with van der Waals surface area (Å²) in [7, 11) is 1.75. The quantitative estimate of drug-likeness (QED) is 0.815. The minimum Gasteiger partial charge on any atom is -0.496 e. The highest BCUT2D eigenvalue weighted by Crippen LogP contribution is 2.66. The molecular weight excluding hydrogens is 348 g/mol. The van der Waals surface area contributed by atoms with Crippen LogP contribution in [0.5, 0.6) is 5.75 Å². The van der Waals surface area contributed by atoms with Crippen LogP contribution in [0.15, 0.2) is 24.5 Å². The molecule has 1 aromatic heterocycles. The molecule has 0 spiro atoms. The Hall–Kier alpha value is -1.84. The number of hydrogen-bond acceptors (Lipinski definition) is 3. The summed E-state index contributed by atoms with van der Waals surface area (Å²) in [5.74, 6) is 3.38. The smallest absolute Gasteiger partial charge is 0.220 e. The number of fused-ring (bicyclic) bond motifs is 5. The van der Waals surface area contributed by atoms with Gasteiger partial charge in [-0.15, -0.1) is 0 Å². The first-order valence-corrected chi connectivity index (χ1v) is 11.0. The van der Waals surface area contributed by atoms with Crippen molar-refractivity contribution in [1.29, 1.82) is 0 Å². The third-order valence-electron chi connectivity index (χ3n) is 8.97. The van der Waals surface area contributed by atoms with Crippen LogP contribution >= 0.6 is 0 Å². The summed E-state index contributed by atoms with van der Waals surface area (Å²) in [6.45, 7) is 4.94. The number of methoxy groups -OCH3 is 1. The molecule has 2 heterocycles. The number of hydrogen-bond donors (Lipinski definition) is 1. The lowest BCUT2D eigenvalue weighted by Crippen LogP contribution is -2.60. The molecule has 28 heavy (non-hydrogen) atoms. The molecule has 1 aliphatic heterocycles. The maximum absolute atomic E-state index is 12.0. The molecule has 5 rings (SSSR count). The van der Waals surface area contributed by atoms with E-state index in [-0.39, 0.29) is 16.7 Å². The molecule has 1 N–H and O–H groups in total. The van der Waals surface area contributed by atoms with Crippen LogP contribution in [0.1, 0.15) is 64.4 Å². The summed E-state index contributed by atoms with van der Waals surface area (Å²) in [4.78, 5) is 16.4. The second kappa shape index (κ2) is 6.33. The van der Waals surface area contributed by atoms with E-state index in [0.29, 0.717) is 18.4 Å². The summed E-state index contributed by atoms with van der Waals surface area (Å²) in [6, 6.07) is 2.36. The Bertz CT molecular complexity index is 834. The fourth-order valence-corrected chi connectivity index (χ4v) is 7.45. The maximum atomic E-state index is 12.0. The fourth-order valence-electron chi connectivity index (χ4n) is 7.45. The predicted molar refractivity (Wildman–Crippen MR) is 110 cm³/mol. The van der Waals surface area contributed by atoms with Gasteiger partial charge in [-0.2, -0.15) is 0 Å². The van der Waals surface area contributed by atoms with E-state index >= 15 is 0 Å². The van der Waals surface area contributed by atoms with Gasteiger partial charge in [0.2, 0.25) is 5.91 Å². The normalized spacial score (nSPS) is 42.0. The van der Waals surface area contributed by atoms with Crippen LogP contribution in [-0.4, -0.2) is 24.0 Å². The summed E-state index contributed by atoms with van der Waals surface area (Å²) >= 11 is 0. The van der Waals surface area contributed by atoms with Crippen molar-refractivity contribution >= 4 is 11.5 Å². The van der Waals surface area contributed by atoms with Crippen LogP contribution in [0.2, 0.25) is 0 Å². The molecule has 3 aliphatic carbocycles. The average molecular weight is 381 g/mol. The summed E-state index contributed by atoms with van der Waals surface area (Å²) in [5.41, 5.74) is 3.11. The monoisotopic (exact) mass is 380 g/mol. The van der Waals surface area contributed by atoms with E-state index in [4.69, 9.17) is 4.74 Å². The highest BCUT2D eigenvalue weighted by molar-refractivity contribution is 5.78. The Morgan fingerprint density at radius 2 is 2.04 bits per heavy atom. The van der Waals surface area contributed by atoms with Gasteiger partial charge in [0.05, 0.1) is 7.11 Å². The van der Waals surface area contributed by atoms with Crippen molar-refractivity contribution in [2.75, 3.05) is 7.11 Å². The van der Waals surface area contributed by atoms with E-state index < -0.39 is 0 Å². The number of piperidine rings is 1. The Morgan fingerprint density at radius 1 is 1.18 bits per heavy atom. The maximum Gasteiger partial charge on any atom is 0.220 e. The van der Waals surface area contributed by atoms with Crippen LogP contribution in [0, 0.1) is 28.6 Å². The van der Waals surface area contributed by atoms with Crippen molar-refractivity contribution in [2.24, 2.45) is 28.6 Å². The molecule has 150 valence electrons. The molecule has 0 radical (unpaired) electrons. The predicted octanol–water partition coefficient (Wildman–Crippen LogP) is 4.60. The Kier molecular flexibility index (Phi) is 4.12. The third kappa shape index (κ3) is 2.42. The van der Waals surface area contributed by atoms with E-state index in [1.807, 2.05) is 18.5 Å². The van der Waals surface area contributed by atoms with Crippen LogP contribution < -0.4 is 10.1 Å². The highest BCUT2D eigenvalue weighted by Gasteiger charge is 2.59. The fraction of sp³-hybridized carbons (Fsp3) is 0.667. The molecule has 6 atom stereocenters. The first-order valence-electron chi connectivity index (χ1n) is 11.0. The van der Waals surface area contributed by atoms with Gasteiger partial charge in [-0.1, -0.05) is 19.9 Å². The van der Waals surface area contributed by atoms with Crippen LogP contribution in [-0.2, 0) is 4.79 Å². The molecule has 4 aliphatic rings. The number of aromatic nitrogens is 1. The third-order valence-corrected chi connectivity index (χ3v) is 8.97. The summed E-state index contributed by atoms with van der Waals surface area (Å²) in [6.07, 6.45) is 14.1. The second-order valence-electron chi connectivity index (χ2n) is 9.97. The minimum atomic E-state index is 0.207. The molecule has 4 nitrogen and oxygen atoms in total. The van der Waals surface area contributed by atoms with E-state index in [1.54, 1.807) is 7.11 Å². The van der Waals surface area contributed by atoms with E-state index in [0.717, 1.165) is 36.8 Å². The van der Waals surface area contributed by atoms with Crippen molar-refractivity contribution in [3.8, 4) is 5.75 Å². The van der Waals surface area contributed by atoms with Crippen LogP contribution in [0.25, 0.3) is 5.57 Å². The minimum absolute atomic E-state index is 0.207. The number of pyridine rings is 1. The van der Waals surface area contributed by atoms with Crippen LogP contribution in [0.4, 0.5) is 0 Å². The topological polar surface area (TPSA) is 51.2 Å². The number of amides is 1. The molecule has 1 aromatic rings. The number of allylic oxidation sites excluding steroid dienone is 2. The zero-order valence-corrected chi connectivity index (χ0v) is 17.3. The van der Waals surface area contributed by atoms with Crippen molar-refractivity contribution in [3.63, 3.8) is 0 Å². The van der Waals surface area contributed by atoms with E-state index in [2.05, 4.69) is 30.2 Å². The molecule has 4 heteroatoms. The molecule has 1 amide bonds. The van der Waals surface area contributed by atoms with Gasteiger partial charge in [0.25, 0.3) is 0 Å². The van der Waals surface area contributed by atoms with Gasteiger partial charge in [-0.05, 0) is 78.7 Å². The van der Waals surface area contributed by atoms with Gasteiger partial charge >= 0.3 is 0 Å². The lowest BCUT2D eigenvalue weighted by Gasteiger charge is -2.60. The molecular formula is C24H32N2O2. The zero-order chi connectivity index (χ0) is 19.5. The van der Waals surface area contributed by atoms with Crippen LogP contribution in [0.3, 0.4) is 0 Å². The number of nitrogens with zero attached hydrogens (tertiary/aromatic N) is 1. The average Bonchev–Trinajstić information content (AvgIpc) is 3.05. The van der Waals surface area contributed by atoms with Gasteiger partial charge in [0, 0.05) is 30.4 Å². The standard InChI is InChI=1S/C24H32N2O2/c1-23-11-8-19-15(4-7-21-24(19,2)12-9-22(27)26-21)17(23)5-6-18(23)16-14-25-13-10-20(16)28-3/h6,10,13-15,17,19,21H,4-5,7-9,11-12H2,1-3H3,(H,26,27)/t15-,17-,19-,21?,23-,24+/m0/s1. The Balaban J connectivity index is 1.46. The number of nitrogens with one attached hydrogen (secondary N) is 1. The van der Waals surface area contributed by atoms with Gasteiger partial charge in [0.15, 0.2) is 0 Å². The molecule has 1 saturated heterocycles. The van der Waals surface area contributed by atoms with Crippen molar-refractivity contribution in [1.82, 2.24) is 10.3 Å². The Labute approximate surface area is 168 Å². The molecule has 0 bridgehead atoms. The number of carbonyl (C=O) groups is 1. The summed E-state index contributed by atoms with van der Waals surface area (Å²) in [5, 5.41) is 3.33. The van der Waals surface area contributed by atoms with E-state index in [9.17, 15) is 4.79 Å². The lowest BCUT2D eigenvalue weighted by atomic mass is 9.47. The van der Waals surface area contributed by atoms with Crippen molar-refractivity contribution in [2.45, 2.75) is 64.8 Å². The van der Waals surface area contributed by atoms with Crippen molar-refractivity contribution in [3.05, 3.63) is 30.1 Å². The molecule has 2 saturated carbocycles. The van der Waals surface area contributed by atoms with Gasteiger partial charge in [-0.25, -0.2) is 0 Å². The largest absolute Gasteiger partial charge is 0.496 e. The number of carbonyl (C=O) groups excluding carboxylic acids is 1. The first-order chi connectivity index (χ1) is 13.5. The summed E-state index contributed by atoms with van der Waals surface area (Å²) < 4.78 is 5.66. The van der Waals surface area contributed by atoms with Gasteiger partial charge < -0.3 is 10.1 Å². The zero-order valence-electron chi connectivity index (χ0n) is 17.3. The van der Waals surface area contributed by atoms with Gasteiger partial charge in [0.1, 0.15) is 5.75 Å². The SMILES string of the molecule is COc1ccncc1C1=CC[C@H]2[C@@H]3CCC4NC(=O)CC[C@]4(C)[C@H]3CC[C@]12C. The molecule has 3 fully saturated rings. The highest BCUT2D eigenvalue weighted by atomic mass is 16.5. The Morgan fingerprint density at radius 3 is 2.86 bits per heavy atom. The van der Waals surface area contributed by atoms with E-state index in [1.165, 1.54) is 30.4 Å². The first kappa shape index (κ1) is 18.2.